The molecule has 0 radical (unpaired) electrons. The van der Waals surface area contributed by atoms with Gasteiger partial charge in [0, 0.05) is 19.3 Å². The summed E-state index contributed by atoms with van der Waals surface area (Å²) in [5.74, 6) is -1.48. The maximum atomic E-state index is 12.5. The van der Waals surface area contributed by atoms with E-state index in [9.17, 15) is 18.4 Å². The molecule has 1 fully saturated rings. The number of aromatic carboxylic acids is 1. The Morgan fingerprint density at radius 2 is 2.08 bits per heavy atom. The Balaban J connectivity index is 1.63. The highest BCUT2D eigenvalue weighted by Crippen LogP contribution is 2.30. The summed E-state index contributed by atoms with van der Waals surface area (Å²) in [7, 11) is 0. The predicted octanol–water partition coefficient (Wildman–Crippen LogP) is 2.72. The Morgan fingerprint density at radius 1 is 1.36 bits per heavy atom. The molecule has 25 heavy (non-hydrogen) atoms. The van der Waals surface area contributed by atoms with Gasteiger partial charge in [0.15, 0.2) is 0 Å². The molecule has 3 heterocycles. The van der Waals surface area contributed by atoms with Crippen molar-refractivity contribution in [1.29, 1.82) is 0 Å². The lowest BCUT2D eigenvalue weighted by Gasteiger charge is -2.32. The molecule has 7 nitrogen and oxygen atoms in total. The van der Waals surface area contributed by atoms with E-state index in [1.165, 1.54) is 23.8 Å². The zero-order chi connectivity index (χ0) is 18.0. The average molecular weight is 371 g/mol. The molecule has 3 rings (SSSR count). The fourth-order valence-electron chi connectivity index (χ4n) is 2.77. The van der Waals surface area contributed by atoms with Crippen molar-refractivity contribution in [3.63, 3.8) is 0 Å². The lowest BCUT2D eigenvalue weighted by atomic mass is 10.1. The standard InChI is InChI=1S/C15H15F2N3O4S/c16-15(17)24-11-3-6-25-12(11)13(21)19-4-1-10(2-5-19)20-8-9(7-18-20)14(22)23/h3,6-8,10,15H,1-2,4-5H2,(H,22,23). The van der Waals surface area contributed by atoms with Crippen LogP contribution in [0.1, 0.15) is 38.9 Å². The maximum Gasteiger partial charge on any atom is 0.387 e. The summed E-state index contributed by atoms with van der Waals surface area (Å²) >= 11 is 1.06. The van der Waals surface area contributed by atoms with E-state index in [4.69, 9.17) is 5.11 Å². The number of carbonyl (C=O) groups is 2. The Hall–Kier alpha value is -2.49. The number of piperidine rings is 1. The van der Waals surface area contributed by atoms with Gasteiger partial charge in [0.25, 0.3) is 5.91 Å². The minimum Gasteiger partial charge on any atom is -0.478 e. The lowest BCUT2D eigenvalue weighted by molar-refractivity contribution is -0.0499. The van der Waals surface area contributed by atoms with Gasteiger partial charge in [-0.2, -0.15) is 13.9 Å². The van der Waals surface area contributed by atoms with Crippen LogP contribution in [0.3, 0.4) is 0 Å². The second-order valence-corrected chi connectivity index (χ2v) is 6.45. The van der Waals surface area contributed by atoms with Crippen LogP contribution in [-0.2, 0) is 0 Å². The van der Waals surface area contributed by atoms with Gasteiger partial charge in [-0.25, -0.2) is 4.79 Å². The molecule has 1 aliphatic rings. The molecule has 0 atom stereocenters. The Morgan fingerprint density at radius 3 is 2.68 bits per heavy atom. The van der Waals surface area contributed by atoms with Crippen molar-refractivity contribution in [3.8, 4) is 5.75 Å². The molecule has 1 amide bonds. The Bertz CT molecular complexity index is 768. The van der Waals surface area contributed by atoms with E-state index in [1.807, 2.05) is 0 Å². The topological polar surface area (TPSA) is 84.7 Å². The molecule has 0 spiro atoms. The first-order valence-corrected chi connectivity index (χ1v) is 8.42. The highest BCUT2D eigenvalue weighted by Gasteiger charge is 2.28. The van der Waals surface area contributed by atoms with Crippen molar-refractivity contribution in [2.75, 3.05) is 13.1 Å². The van der Waals surface area contributed by atoms with Crippen LogP contribution in [0.4, 0.5) is 8.78 Å². The van der Waals surface area contributed by atoms with Gasteiger partial charge in [0.2, 0.25) is 0 Å². The normalized spacial score (nSPS) is 15.6. The van der Waals surface area contributed by atoms with Crippen LogP contribution in [0.25, 0.3) is 0 Å². The molecule has 10 heteroatoms. The third-order valence-electron chi connectivity index (χ3n) is 4.01. The number of carboxylic acid groups (broad SMARTS) is 1. The number of amides is 1. The van der Waals surface area contributed by atoms with E-state index in [0.717, 1.165) is 11.3 Å². The lowest BCUT2D eigenvalue weighted by Crippen LogP contribution is -2.39. The number of nitrogens with zero attached hydrogens (tertiary/aromatic N) is 3. The van der Waals surface area contributed by atoms with Gasteiger partial charge in [-0.05, 0) is 24.3 Å². The number of likely N-dealkylation sites (tertiary alicyclic amines) is 1. The number of carbonyl (C=O) groups excluding carboxylic acids is 1. The summed E-state index contributed by atoms with van der Waals surface area (Å²) in [6, 6.07) is 1.35. The van der Waals surface area contributed by atoms with Gasteiger partial charge in [-0.3, -0.25) is 9.48 Å². The van der Waals surface area contributed by atoms with Crippen molar-refractivity contribution in [2.45, 2.75) is 25.5 Å². The summed E-state index contributed by atoms with van der Waals surface area (Å²) in [5.41, 5.74) is 0.117. The van der Waals surface area contributed by atoms with Crippen LogP contribution in [0.2, 0.25) is 0 Å². The van der Waals surface area contributed by atoms with E-state index < -0.39 is 12.6 Å². The fourth-order valence-corrected chi connectivity index (χ4v) is 3.56. The SMILES string of the molecule is O=C(O)c1cnn(C2CCN(C(=O)c3sccc3OC(F)F)CC2)c1. The van der Waals surface area contributed by atoms with Crippen molar-refractivity contribution in [2.24, 2.45) is 0 Å². The molecule has 1 N–H and O–H groups in total. The van der Waals surface area contributed by atoms with Crippen LogP contribution in [0.15, 0.2) is 23.8 Å². The second-order valence-electron chi connectivity index (χ2n) is 5.53. The first kappa shape index (κ1) is 17.3. The van der Waals surface area contributed by atoms with Crippen LogP contribution in [0.5, 0.6) is 5.75 Å². The number of hydrogen-bond acceptors (Lipinski definition) is 5. The van der Waals surface area contributed by atoms with Gasteiger partial charge < -0.3 is 14.7 Å². The maximum absolute atomic E-state index is 12.5. The number of hydrogen-bond donors (Lipinski definition) is 1. The largest absolute Gasteiger partial charge is 0.478 e. The quantitative estimate of drug-likeness (QED) is 0.874. The molecule has 1 saturated heterocycles. The van der Waals surface area contributed by atoms with Crippen molar-refractivity contribution in [1.82, 2.24) is 14.7 Å². The molecule has 0 bridgehead atoms. The first-order valence-electron chi connectivity index (χ1n) is 7.54. The first-order chi connectivity index (χ1) is 12.0. The fraction of sp³-hybridized carbons (Fsp3) is 0.400. The van der Waals surface area contributed by atoms with Gasteiger partial charge >= 0.3 is 12.6 Å². The second kappa shape index (κ2) is 7.18. The van der Waals surface area contributed by atoms with Gasteiger partial charge in [-0.1, -0.05) is 0 Å². The van der Waals surface area contributed by atoms with E-state index >= 15 is 0 Å². The van der Waals surface area contributed by atoms with E-state index in [-0.39, 0.29) is 28.1 Å². The van der Waals surface area contributed by atoms with Crippen molar-refractivity contribution < 1.29 is 28.2 Å². The van der Waals surface area contributed by atoms with Gasteiger partial charge in [0.1, 0.15) is 10.6 Å². The number of aromatic nitrogens is 2. The highest BCUT2D eigenvalue weighted by atomic mass is 32.1. The molecular weight excluding hydrogens is 356 g/mol. The van der Waals surface area contributed by atoms with E-state index in [0.29, 0.717) is 25.9 Å². The molecule has 0 unspecified atom stereocenters. The number of rotatable bonds is 5. The van der Waals surface area contributed by atoms with Crippen molar-refractivity contribution in [3.05, 3.63) is 34.3 Å². The number of ether oxygens (including phenoxy) is 1. The number of halogens is 2. The molecule has 134 valence electrons. The van der Waals surface area contributed by atoms with Crippen LogP contribution < -0.4 is 4.74 Å². The minimum atomic E-state index is -2.98. The number of thiophene rings is 1. The third-order valence-corrected chi connectivity index (χ3v) is 4.90. The summed E-state index contributed by atoms with van der Waals surface area (Å²) in [4.78, 5) is 25.2. The summed E-state index contributed by atoms with van der Waals surface area (Å²) in [5, 5.41) is 14.5. The summed E-state index contributed by atoms with van der Waals surface area (Å²) in [6.45, 7) is -2.12. The zero-order valence-corrected chi connectivity index (χ0v) is 13.8. The smallest absolute Gasteiger partial charge is 0.387 e. The molecule has 0 aliphatic carbocycles. The predicted molar refractivity (Wildman–Crippen MR) is 84.3 cm³/mol. The summed E-state index contributed by atoms with van der Waals surface area (Å²) < 4.78 is 30.7. The van der Waals surface area contributed by atoms with Crippen LogP contribution in [-0.4, -0.2) is 51.4 Å². The Labute approximate surface area is 145 Å². The molecular formula is C15H15F2N3O4S. The van der Waals surface area contributed by atoms with Gasteiger partial charge in [-0.15, -0.1) is 11.3 Å². The third kappa shape index (κ3) is 3.78. The van der Waals surface area contributed by atoms with Crippen LogP contribution in [0, 0.1) is 0 Å². The van der Waals surface area contributed by atoms with E-state index in [1.54, 1.807) is 9.58 Å². The highest BCUT2D eigenvalue weighted by molar-refractivity contribution is 7.12. The summed E-state index contributed by atoms with van der Waals surface area (Å²) in [6.07, 6.45) is 3.96. The Kier molecular flexibility index (Phi) is 4.98. The van der Waals surface area contributed by atoms with E-state index in [2.05, 4.69) is 9.84 Å². The zero-order valence-electron chi connectivity index (χ0n) is 13.0. The minimum absolute atomic E-state index is 0.00253. The van der Waals surface area contributed by atoms with Gasteiger partial charge in [0.05, 0.1) is 17.8 Å². The average Bonchev–Trinajstić information content (AvgIpc) is 3.23. The number of carboxylic acids is 1. The molecule has 1 aliphatic heterocycles. The molecule has 0 aromatic carbocycles. The monoisotopic (exact) mass is 371 g/mol. The molecule has 0 saturated carbocycles. The molecule has 2 aromatic heterocycles. The van der Waals surface area contributed by atoms with Crippen molar-refractivity contribution >= 4 is 23.2 Å². The number of alkyl halides is 2. The van der Waals surface area contributed by atoms with Crippen LogP contribution >= 0.6 is 11.3 Å². The molecule has 2 aromatic rings.